The van der Waals surface area contributed by atoms with E-state index in [0.717, 1.165) is 32.1 Å². The molecule has 1 spiro atoms. The molecule has 0 saturated carbocycles. The average molecular weight is 319 g/mol. The number of nitrogens with zero attached hydrogens (tertiary/aromatic N) is 1. The first-order valence-corrected chi connectivity index (χ1v) is 9.54. The molecule has 21 heavy (non-hydrogen) atoms. The van der Waals surface area contributed by atoms with E-state index >= 15 is 0 Å². The van der Waals surface area contributed by atoms with E-state index in [1.54, 1.807) is 4.90 Å². The van der Waals surface area contributed by atoms with Crippen LogP contribution in [-0.4, -0.2) is 70.2 Å². The van der Waals surface area contributed by atoms with Crippen LogP contribution in [0.4, 0.5) is 0 Å². The number of carbonyl (C=O) groups is 1. The van der Waals surface area contributed by atoms with Crippen molar-refractivity contribution in [3.63, 3.8) is 0 Å². The number of hydrogen-bond donors (Lipinski definition) is 0. The molecule has 0 aromatic rings. The quantitative estimate of drug-likeness (QED) is 0.736. The highest BCUT2D eigenvalue weighted by Gasteiger charge is 2.43. The van der Waals surface area contributed by atoms with Gasteiger partial charge in [0.15, 0.2) is 9.84 Å². The minimum Gasteiger partial charge on any atom is -0.379 e. The first-order chi connectivity index (χ1) is 9.84. The zero-order chi connectivity index (χ0) is 15.5. The maximum Gasteiger partial charge on any atom is 0.237 e. The van der Waals surface area contributed by atoms with Crippen LogP contribution in [0.25, 0.3) is 0 Å². The lowest BCUT2D eigenvalue weighted by Gasteiger charge is -2.38. The summed E-state index contributed by atoms with van der Waals surface area (Å²) in [5, 5.41) is 0. The number of ether oxygens (including phenoxy) is 2. The van der Waals surface area contributed by atoms with Crippen LogP contribution >= 0.6 is 0 Å². The molecule has 2 aliphatic rings. The van der Waals surface area contributed by atoms with Gasteiger partial charge in [-0.15, -0.1) is 0 Å². The third kappa shape index (κ3) is 4.66. The van der Waals surface area contributed by atoms with Gasteiger partial charge in [0, 0.05) is 26.0 Å². The van der Waals surface area contributed by atoms with E-state index < -0.39 is 9.84 Å². The van der Waals surface area contributed by atoms with Crippen LogP contribution in [0, 0.1) is 5.41 Å². The van der Waals surface area contributed by atoms with Crippen molar-refractivity contribution in [1.29, 1.82) is 0 Å². The second kappa shape index (κ2) is 6.62. The molecule has 6 nitrogen and oxygen atoms in total. The third-order valence-corrected chi connectivity index (χ3v) is 5.13. The van der Waals surface area contributed by atoms with Crippen LogP contribution in [0.1, 0.15) is 26.2 Å². The summed E-state index contributed by atoms with van der Waals surface area (Å²) < 4.78 is 33.6. The van der Waals surface area contributed by atoms with Crippen molar-refractivity contribution >= 4 is 15.7 Å². The summed E-state index contributed by atoms with van der Waals surface area (Å²) in [6, 6.07) is 0. The zero-order valence-electron chi connectivity index (χ0n) is 12.8. The van der Waals surface area contributed by atoms with E-state index in [-0.39, 0.29) is 23.2 Å². The molecule has 2 rings (SSSR count). The summed E-state index contributed by atoms with van der Waals surface area (Å²) in [7, 11) is -3.25. The monoisotopic (exact) mass is 319 g/mol. The molecule has 0 N–H and O–H groups in total. The van der Waals surface area contributed by atoms with E-state index in [4.69, 9.17) is 9.47 Å². The number of amides is 1. The number of piperidine rings is 1. The Labute approximate surface area is 126 Å². The summed E-state index contributed by atoms with van der Waals surface area (Å²) in [4.78, 5) is 13.6. The largest absolute Gasteiger partial charge is 0.379 e. The van der Waals surface area contributed by atoms with Crippen LogP contribution in [0.3, 0.4) is 0 Å². The number of sulfone groups is 1. The topological polar surface area (TPSA) is 72.9 Å². The predicted molar refractivity (Wildman–Crippen MR) is 78.8 cm³/mol. The van der Waals surface area contributed by atoms with Gasteiger partial charge in [0.1, 0.15) is 5.75 Å². The van der Waals surface area contributed by atoms with Gasteiger partial charge in [-0.2, -0.15) is 0 Å². The Bertz CT molecular complexity index is 468. The van der Waals surface area contributed by atoms with Gasteiger partial charge in [0.05, 0.1) is 19.3 Å². The van der Waals surface area contributed by atoms with Crippen LogP contribution in [-0.2, 0) is 24.1 Å². The number of rotatable bonds is 5. The molecule has 7 heteroatoms. The maximum absolute atomic E-state index is 11.9. The van der Waals surface area contributed by atoms with Crippen molar-refractivity contribution in [3.8, 4) is 0 Å². The second-order valence-electron chi connectivity index (χ2n) is 6.25. The number of likely N-dealkylation sites (tertiary alicyclic amines) is 1. The highest BCUT2D eigenvalue weighted by atomic mass is 32.2. The lowest BCUT2D eigenvalue weighted by atomic mass is 9.76. The number of hydrogen-bond acceptors (Lipinski definition) is 5. The SMILES string of the molecule is CCOC[C@H]1CC2(CCN(C(=O)CS(C)(=O)=O)CC2)CO1. The molecule has 1 atom stereocenters. The molecular weight excluding hydrogens is 294 g/mol. The molecule has 0 bridgehead atoms. The van der Waals surface area contributed by atoms with Gasteiger partial charge in [-0.25, -0.2) is 8.42 Å². The molecule has 0 unspecified atom stereocenters. The van der Waals surface area contributed by atoms with Crippen molar-refractivity contribution in [1.82, 2.24) is 4.90 Å². The minimum atomic E-state index is -3.25. The summed E-state index contributed by atoms with van der Waals surface area (Å²) in [6.07, 6.45) is 3.99. The maximum atomic E-state index is 11.9. The Balaban J connectivity index is 1.82. The first-order valence-electron chi connectivity index (χ1n) is 7.48. The Kier molecular flexibility index (Phi) is 5.27. The van der Waals surface area contributed by atoms with Gasteiger partial charge in [-0.3, -0.25) is 4.79 Å². The van der Waals surface area contributed by atoms with Crippen LogP contribution in [0.15, 0.2) is 0 Å². The molecule has 1 amide bonds. The normalized spacial score (nSPS) is 25.4. The van der Waals surface area contributed by atoms with Crippen molar-refractivity contribution < 1.29 is 22.7 Å². The van der Waals surface area contributed by atoms with Crippen LogP contribution in [0.2, 0.25) is 0 Å². The highest BCUT2D eigenvalue weighted by molar-refractivity contribution is 7.91. The van der Waals surface area contributed by atoms with E-state index in [2.05, 4.69) is 0 Å². The standard InChI is InChI=1S/C14H25NO5S/c1-3-19-9-12-8-14(11-20-12)4-6-15(7-5-14)13(16)10-21(2,17)18/h12H,3-11H2,1-2H3/t12-/m1/s1. The Morgan fingerprint density at radius 3 is 2.62 bits per heavy atom. The van der Waals surface area contributed by atoms with Gasteiger partial charge in [0.25, 0.3) is 0 Å². The summed E-state index contributed by atoms with van der Waals surface area (Å²) in [6.45, 7) is 5.27. The minimum absolute atomic E-state index is 0.142. The molecule has 0 aromatic heterocycles. The summed E-state index contributed by atoms with van der Waals surface area (Å²) in [5.74, 6) is -0.666. The summed E-state index contributed by atoms with van der Waals surface area (Å²) in [5.41, 5.74) is 0.142. The molecule has 122 valence electrons. The zero-order valence-corrected chi connectivity index (χ0v) is 13.7. The Morgan fingerprint density at radius 1 is 1.38 bits per heavy atom. The predicted octanol–water partition coefficient (Wildman–Crippen LogP) is 0.465. The lowest BCUT2D eigenvalue weighted by Crippen LogP contribution is -2.45. The molecule has 2 heterocycles. The third-order valence-electron chi connectivity index (χ3n) is 4.36. The van der Waals surface area contributed by atoms with Crippen molar-refractivity contribution in [2.24, 2.45) is 5.41 Å². The van der Waals surface area contributed by atoms with Gasteiger partial charge in [-0.1, -0.05) is 0 Å². The average Bonchev–Trinajstić information content (AvgIpc) is 2.78. The Hall–Kier alpha value is -0.660. The van der Waals surface area contributed by atoms with E-state index in [0.29, 0.717) is 26.3 Å². The first kappa shape index (κ1) is 16.7. The summed E-state index contributed by atoms with van der Waals surface area (Å²) >= 11 is 0. The molecule has 0 aliphatic carbocycles. The van der Waals surface area contributed by atoms with Gasteiger partial charge < -0.3 is 14.4 Å². The molecular formula is C14H25NO5S. The highest BCUT2D eigenvalue weighted by Crippen LogP contribution is 2.42. The molecule has 0 radical (unpaired) electrons. The van der Waals surface area contributed by atoms with E-state index in [1.807, 2.05) is 6.92 Å². The van der Waals surface area contributed by atoms with Gasteiger partial charge in [-0.05, 0) is 31.6 Å². The molecule has 0 aromatic carbocycles. The van der Waals surface area contributed by atoms with Crippen molar-refractivity contribution in [2.45, 2.75) is 32.3 Å². The molecule has 2 fully saturated rings. The molecule has 2 saturated heterocycles. The smallest absolute Gasteiger partial charge is 0.237 e. The second-order valence-corrected chi connectivity index (χ2v) is 8.39. The Morgan fingerprint density at radius 2 is 2.05 bits per heavy atom. The number of carbonyl (C=O) groups excluding carboxylic acids is 1. The van der Waals surface area contributed by atoms with Crippen LogP contribution in [0.5, 0.6) is 0 Å². The fourth-order valence-corrected chi connectivity index (χ4v) is 3.78. The van der Waals surface area contributed by atoms with Crippen molar-refractivity contribution in [3.05, 3.63) is 0 Å². The van der Waals surface area contributed by atoms with Gasteiger partial charge in [0.2, 0.25) is 5.91 Å². The van der Waals surface area contributed by atoms with Crippen LogP contribution < -0.4 is 0 Å². The lowest BCUT2D eigenvalue weighted by molar-refractivity contribution is -0.130. The fourth-order valence-electron chi connectivity index (χ4n) is 3.15. The molecule has 2 aliphatic heterocycles. The fraction of sp³-hybridized carbons (Fsp3) is 0.929. The van der Waals surface area contributed by atoms with E-state index in [1.165, 1.54) is 0 Å². The van der Waals surface area contributed by atoms with Gasteiger partial charge >= 0.3 is 0 Å². The van der Waals surface area contributed by atoms with E-state index in [9.17, 15) is 13.2 Å². The van der Waals surface area contributed by atoms with Crippen molar-refractivity contribution in [2.75, 3.05) is 44.9 Å².